The molecule has 0 amide bonds. The Bertz CT molecular complexity index is 372. The maximum absolute atomic E-state index is 5.52. The van der Waals surface area contributed by atoms with Gasteiger partial charge in [-0.05, 0) is 56.8 Å². The van der Waals surface area contributed by atoms with E-state index in [0.29, 0.717) is 6.04 Å². The maximum Gasteiger partial charge on any atom is 0.119 e. The molecule has 21 heavy (non-hydrogen) atoms. The minimum Gasteiger partial charge on any atom is -0.494 e. The lowest BCUT2D eigenvalue weighted by Crippen LogP contribution is -2.22. The highest BCUT2D eigenvalue weighted by molar-refractivity contribution is 5.29. The first-order valence-electron chi connectivity index (χ1n) is 8.38. The van der Waals surface area contributed by atoms with Gasteiger partial charge in [0.15, 0.2) is 0 Å². The van der Waals surface area contributed by atoms with Crippen LogP contribution in [0.15, 0.2) is 36.9 Å². The Labute approximate surface area is 130 Å². The Hall–Kier alpha value is -1.28. The molecular weight excluding hydrogens is 258 g/mol. The fourth-order valence-corrected chi connectivity index (χ4v) is 2.48. The van der Waals surface area contributed by atoms with E-state index in [-0.39, 0.29) is 0 Å². The van der Waals surface area contributed by atoms with Crippen molar-refractivity contribution in [2.45, 2.75) is 58.4 Å². The van der Waals surface area contributed by atoms with Crippen molar-refractivity contribution in [3.8, 4) is 5.75 Å². The molecular formula is C19H31NO. The van der Waals surface area contributed by atoms with Gasteiger partial charge < -0.3 is 10.1 Å². The third-order valence-corrected chi connectivity index (χ3v) is 3.64. The molecule has 1 unspecified atom stereocenters. The number of unbranched alkanes of at least 4 members (excludes halogenated alkanes) is 3. The van der Waals surface area contributed by atoms with Gasteiger partial charge in [-0.15, -0.1) is 6.58 Å². The Morgan fingerprint density at radius 3 is 2.52 bits per heavy atom. The predicted molar refractivity (Wildman–Crippen MR) is 91.9 cm³/mol. The number of ether oxygens (including phenoxy) is 1. The molecule has 0 fully saturated rings. The average Bonchev–Trinajstić information content (AvgIpc) is 2.51. The fourth-order valence-electron chi connectivity index (χ4n) is 2.48. The van der Waals surface area contributed by atoms with Crippen LogP contribution in [0.25, 0.3) is 0 Å². The zero-order valence-electron chi connectivity index (χ0n) is 13.7. The normalized spacial score (nSPS) is 12.1. The molecule has 1 atom stereocenters. The molecule has 2 nitrogen and oxygen atoms in total. The number of rotatable bonds is 12. The van der Waals surface area contributed by atoms with Crippen LogP contribution < -0.4 is 10.1 Å². The maximum atomic E-state index is 5.52. The summed E-state index contributed by atoms with van der Waals surface area (Å²) >= 11 is 0. The molecule has 1 aromatic rings. The minimum absolute atomic E-state index is 0.462. The van der Waals surface area contributed by atoms with Crippen LogP contribution in [0.5, 0.6) is 5.75 Å². The van der Waals surface area contributed by atoms with E-state index in [1.54, 1.807) is 0 Å². The summed E-state index contributed by atoms with van der Waals surface area (Å²) in [5.74, 6) is 0.960. The van der Waals surface area contributed by atoms with E-state index in [9.17, 15) is 0 Å². The van der Waals surface area contributed by atoms with E-state index < -0.39 is 0 Å². The summed E-state index contributed by atoms with van der Waals surface area (Å²) in [6, 6.07) is 9.02. The van der Waals surface area contributed by atoms with Crippen LogP contribution in [0.2, 0.25) is 0 Å². The highest BCUT2D eigenvalue weighted by Crippen LogP contribution is 2.23. The second-order valence-electron chi connectivity index (χ2n) is 5.44. The van der Waals surface area contributed by atoms with E-state index in [2.05, 4.69) is 43.1 Å². The smallest absolute Gasteiger partial charge is 0.119 e. The van der Waals surface area contributed by atoms with E-state index in [4.69, 9.17) is 4.74 Å². The molecule has 0 radical (unpaired) electrons. The van der Waals surface area contributed by atoms with Crippen molar-refractivity contribution in [3.63, 3.8) is 0 Å². The average molecular weight is 289 g/mol. The standard InChI is InChI=1S/C19H31NO/c1-4-7-8-9-10-11-19(20-16-5-2)17-12-14-18(15-13-17)21-6-3/h4,12-15,19-20H,1,5-11,16H2,2-3H3. The molecule has 1 rings (SSSR count). The van der Waals surface area contributed by atoms with Crippen LogP contribution in [-0.4, -0.2) is 13.2 Å². The molecule has 0 aliphatic rings. The second kappa shape index (κ2) is 11.4. The Kier molecular flexibility index (Phi) is 9.64. The van der Waals surface area contributed by atoms with Gasteiger partial charge in [0.2, 0.25) is 0 Å². The van der Waals surface area contributed by atoms with Gasteiger partial charge in [0, 0.05) is 6.04 Å². The molecule has 0 saturated carbocycles. The SMILES string of the molecule is C=CCCCCCC(NCCC)c1ccc(OCC)cc1. The third kappa shape index (κ3) is 7.33. The van der Waals surface area contributed by atoms with Gasteiger partial charge in [-0.25, -0.2) is 0 Å². The summed E-state index contributed by atoms with van der Waals surface area (Å²) in [5, 5.41) is 3.67. The molecule has 0 heterocycles. The molecule has 1 N–H and O–H groups in total. The number of hydrogen-bond donors (Lipinski definition) is 1. The Morgan fingerprint density at radius 1 is 1.14 bits per heavy atom. The summed E-state index contributed by atoms with van der Waals surface area (Å²) in [6.45, 7) is 9.81. The fraction of sp³-hybridized carbons (Fsp3) is 0.579. The molecule has 0 saturated heterocycles. The van der Waals surface area contributed by atoms with Crippen LogP contribution in [0, 0.1) is 0 Å². The largest absolute Gasteiger partial charge is 0.494 e. The van der Waals surface area contributed by atoms with Gasteiger partial charge in [0.25, 0.3) is 0 Å². The lowest BCUT2D eigenvalue weighted by atomic mass is 9.99. The van der Waals surface area contributed by atoms with Gasteiger partial charge in [-0.3, -0.25) is 0 Å². The van der Waals surface area contributed by atoms with Crippen molar-refractivity contribution < 1.29 is 4.74 Å². The lowest BCUT2D eigenvalue weighted by molar-refractivity contribution is 0.340. The molecule has 2 heteroatoms. The second-order valence-corrected chi connectivity index (χ2v) is 5.44. The predicted octanol–water partition coefficient (Wildman–Crippen LogP) is 5.26. The van der Waals surface area contributed by atoms with Gasteiger partial charge >= 0.3 is 0 Å². The van der Waals surface area contributed by atoms with E-state index in [0.717, 1.165) is 25.3 Å². The third-order valence-electron chi connectivity index (χ3n) is 3.64. The highest BCUT2D eigenvalue weighted by atomic mass is 16.5. The summed E-state index contributed by atoms with van der Waals surface area (Å²) in [4.78, 5) is 0. The van der Waals surface area contributed by atoms with E-state index in [1.807, 2.05) is 13.0 Å². The molecule has 0 bridgehead atoms. The first-order valence-corrected chi connectivity index (χ1v) is 8.38. The van der Waals surface area contributed by atoms with Gasteiger partial charge in [-0.2, -0.15) is 0 Å². The van der Waals surface area contributed by atoms with Crippen molar-refractivity contribution in [2.75, 3.05) is 13.2 Å². The monoisotopic (exact) mass is 289 g/mol. The number of allylic oxidation sites excluding steroid dienone is 1. The summed E-state index contributed by atoms with van der Waals surface area (Å²) in [7, 11) is 0. The van der Waals surface area contributed by atoms with Crippen molar-refractivity contribution in [3.05, 3.63) is 42.5 Å². The molecule has 0 aliphatic carbocycles. The topological polar surface area (TPSA) is 21.3 Å². The van der Waals surface area contributed by atoms with Crippen LogP contribution >= 0.6 is 0 Å². The van der Waals surface area contributed by atoms with E-state index >= 15 is 0 Å². The van der Waals surface area contributed by atoms with Crippen LogP contribution in [-0.2, 0) is 0 Å². The minimum atomic E-state index is 0.462. The Morgan fingerprint density at radius 2 is 1.90 bits per heavy atom. The van der Waals surface area contributed by atoms with Crippen molar-refractivity contribution in [1.29, 1.82) is 0 Å². The quantitative estimate of drug-likeness (QED) is 0.418. The highest BCUT2D eigenvalue weighted by Gasteiger charge is 2.10. The van der Waals surface area contributed by atoms with Crippen molar-refractivity contribution >= 4 is 0 Å². The summed E-state index contributed by atoms with van der Waals surface area (Å²) < 4.78 is 5.52. The van der Waals surface area contributed by atoms with Crippen LogP contribution in [0.3, 0.4) is 0 Å². The van der Waals surface area contributed by atoms with Gasteiger partial charge in [-0.1, -0.05) is 38.0 Å². The van der Waals surface area contributed by atoms with E-state index in [1.165, 1.54) is 37.7 Å². The zero-order valence-corrected chi connectivity index (χ0v) is 13.7. The van der Waals surface area contributed by atoms with Gasteiger partial charge in [0.1, 0.15) is 5.75 Å². The molecule has 0 spiro atoms. The number of hydrogen-bond acceptors (Lipinski definition) is 2. The van der Waals surface area contributed by atoms with Gasteiger partial charge in [0.05, 0.1) is 6.61 Å². The first-order chi connectivity index (χ1) is 10.3. The summed E-state index contributed by atoms with van der Waals surface area (Å²) in [5.41, 5.74) is 1.37. The molecule has 0 aromatic heterocycles. The number of nitrogens with one attached hydrogen (secondary N) is 1. The molecule has 0 aliphatic heterocycles. The van der Waals surface area contributed by atoms with Crippen molar-refractivity contribution in [1.82, 2.24) is 5.32 Å². The van der Waals surface area contributed by atoms with Crippen LogP contribution in [0.4, 0.5) is 0 Å². The van der Waals surface area contributed by atoms with Crippen molar-refractivity contribution in [2.24, 2.45) is 0 Å². The lowest BCUT2D eigenvalue weighted by Gasteiger charge is -2.19. The summed E-state index contributed by atoms with van der Waals surface area (Å²) in [6.07, 6.45) is 9.33. The molecule has 118 valence electrons. The Balaban J connectivity index is 2.52. The number of benzene rings is 1. The zero-order chi connectivity index (χ0) is 15.3. The van der Waals surface area contributed by atoms with Crippen LogP contribution in [0.1, 0.15) is 64.0 Å². The first kappa shape index (κ1) is 17.8. The molecule has 1 aromatic carbocycles.